The number of aryl methyl sites for hydroxylation is 3. The number of imide groups is 2. The molecule has 49 heavy (non-hydrogen) atoms. The van der Waals surface area contributed by atoms with Gasteiger partial charge in [0.25, 0.3) is 23.6 Å². The van der Waals surface area contributed by atoms with Crippen LogP contribution in [0.3, 0.4) is 0 Å². The third-order valence-corrected chi connectivity index (χ3v) is 10.9. The molecule has 0 radical (unpaired) electrons. The molecule has 0 aromatic heterocycles. The van der Waals surface area contributed by atoms with E-state index >= 15 is 0 Å². The van der Waals surface area contributed by atoms with Crippen molar-refractivity contribution in [3.8, 4) is 0 Å². The fraction of sp³-hybridized carbons (Fsp3) is 0.0769. The van der Waals surface area contributed by atoms with Gasteiger partial charge < -0.3 is 9.79 Å². The smallest absolute Gasteiger partial charge is 0.321 e. The lowest BCUT2D eigenvalue weighted by atomic mass is 9.79. The fourth-order valence-corrected chi connectivity index (χ4v) is 8.37. The summed E-state index contributed by atoms with van der Waals surface area (Å²) in [5.41, 5.74) is 4.81. The highest BCUT2D eigenvalue weighted by molar-refractivity contribution is 7.60. The molecule has 238 valence electrons. The van der Waals surface area contributed by atoms with Crippen LogP contribution in [-0.4, -0.2) is 33.4 Å². The number of amides is 4. The fourth-order valence-electron chi connectivity index (χ4n) is 7.83. The van der Waals surface area contributed by atoms with E-state index in [0.29, 0.717) is 38.7 Å². The van der Waals surface area contributed by atoms with Crippen LogP contribution in [0, 0.1) is 20.8 Å². The number of nitrogens with zero attached hydrogens (tertiary/aromatic N) is 2. The van der Waals surface area contributed by atoms with Crippen LogP contribution in [0.15, 0.2) is 84.9 Å². The summed E-state index contributed by atoms with van der Waals surface area (Å²) in [6.45, 7) is 5.76. The van der Waals surface area contributed by atoms with Crippen LogP contribution in [0.5, 0.6) is 0 Å². The van der Waals surface area contributed by atoms with Crippen molar-refractivity contribution < 1.29 is 33.5 Å². The van der Waals surface area contributed by atoms with Crippen LogP contribution in [0.25, 0.3) is 43.1 Å². The van der Waals surface area contributed by atoms with Gasteiger partial charge >= 0.3 is 7.60 Å². The third kappa shape index (κ3) is 3.80. The Balaban J connectivity index is 1.31. The summed E-state index contributed by atoms with van der Waals surface area (Å²) in [5.74, 6) is -1.90. The predicted octanol–water partition coefficient (Wildman–Crippen LogP) is 7.07. The second kappa shape index (κ2) is 9.67. The molecule has 0 spiro atoms. The summed E-state index contributed by atoms with van der Waals surface area (Å²) in [6, 6.07) is 23.2. The maximum atomic E-state index is 14.1. The molecule has 0 unspecified atom stereocenters. The number of hydrogen-bond acceptors (Lipinski definition) is 5. The maximum Gasteiger partial charge on any atom is 0.356 e. The van der Waals surface area contributed by atoms with Crippen molar-refractivity contribution in [1.29, 1.82) is 0 Å². The summed E-state index contributed by atoms with van der Waals surface area (Å²) < 4.78 is 11.7. The molecule has 4 amide bonds. The monoisotopic (exact) mass is 664 g/mol. The van der Waals surface area contributed by atoms with Gasteiger partial charge in [-0.2, -0.15) is 0 Å². The van der Waals surface area contributed by atoms with E-state index in [-0.39, 0.29) is 11.0 Å². The molecule has 7 aromatic carbocycles. The maximum absolute atomic E-state index is 14.1. The number of anilines is 2. The van der Waals surface area contributed by atoms with Crippen LogP contribution >= 0.6 is 7.60 Å². The summed E-state index contributed by atoms with van der Waals surface area (Å²) in [5, 5.41) is 5.71. The van der Waals surface area contributed by atoms with E-state index in [1.807, 2.05) is 51.1 Å². The number of benzene rings is 7. The molecule has 9 nitrogen and oxygen atoms in total. The van der Waals surface area contributed by atoms with Crippen LogP contribution in [0.2, 0.25) is 0 Å². The topological polar surface area (TPSA) is 132 Å². The first-order valence-corrected chi connectivity index (χ1v) is 17.2. The van der Waals surface area contributed by atoms with Gasteiger partial charge in [-0.25, -0.2) is 9.80 Å². The van der Waals surface area contributed by atoms with Crippen LogP contribution < -0.4 is 15.1 Å². The van der Waals surface area contributed by atoms with E-state index in [4.69, 9.17) is 0 Å². The molecule has 2 heterocycles. The van der Waals surface area contributed by atoms with Crippen LogP contribution in [0.4, 0.5) is 11.4 Å². The number of rotatable bonds is 3. The quantitative estimate of drug-likeness (QED) is 0.0894. The lowest BCUT2D eigenvalue weighted by Gasteiger charge is -2.31. The van der Waals surface area contributed by atoms with Gasteiger partial charge in [0.05, 0.1) is 16.7 Å². The normalized spacial score (nSPS) is 14.8. The van der Waals surface area contributed by atoms with Crippen molar-refractivity contribution in [3.63, 3.8) is 0 Å². The van der Waals surface area contributed by atoms with Gasteiger partial charge in [0, 0.05) is 33.0 Å². The minimum atomic E-state index is -4.52. The Bertz CT molecular complexity index is 2760. The summed E-state index contributed by atoms with van der Waals surface area (Å²) in [4.78, 5) is 77.7. The van der Waals surface area contributed by atoms with Gasteiger partial charge in [-0.15, -0.1) is 0 Å². The van der Waals surface area contributed by atoms with Crippen molar-refractivity contribution in [2.45, 2.75) is 20.8 Å². The number of hydrogen-bond donors (Lipinski definition) is 2. The molecule has 0 fully saturated rings. The number of fused-ring (bicyclic) bond motifs is 2. The molecule has 0 atom stereocenters. The van der Waals surface area contributed by atoms with Gasteiger partial charge in [0.1, 0.15) is 0 Å². The van der Waals surface area contributed by atoms with Crippen molar-refractivity contribution in [1.82, 2.24) is 0 Å². The Labute approximate surface area is 278 Å². The molecule has 9 rings (SSSR count). The first-order valence-electron chi connectivity index (χ1n) is 15.6. The van der Waals surface area contributed by atoms with Gasteiger partial charge in [-0.3, -0.25) is 23.7 Å². The Hall–Kier alpha value is -5.73. The molecule has 0 saturated carbocycles. The summed E-state index contributed by atoms with van der Waals surface area (Å²) in [6.07, 6.45) is 0. The Morgan fingerprint density at radius 2 is 0.857 bits per heavy atom. The zero-order chi connectivity index (χ0) is 34.3. The zero-order valence-corrected chi connectivity index (χ0v) is 27.3. The number of carbonyl (C=O) groups excluding carboxylic acids is 4. The Morgan fingerprint density at radius 3 is 1.27 bits per heavy atom. The first-order chi connectivity index (χ1) is 23.4. The molecule has 0 bridgehead atoms. The molecular weight excluding hydrogens is 639 g/mol. The second-order valence-corrected chi connectivity index (χ2v) is 14.4. The molecule has 2 aliphatic heterocycles. The molecule has 0 aliphatic carbocycles. The average Bonchev–Trinajstić information content (AvgIpc) is 3.07. The van der Waals surface area contributed by atoms with Crippen molar-refractivity contribution in [2.75, 3.05) is 9.80 Å². The Kier molecular flexibility index (Phi) is 5.81. The summed E-state index contributed by atoms with van der Waals surface area (Å²) >= 11 is 0. The lowest BCUT2D eigenvalue weighted by molar-refractivity contribution is 0.0877. The van der Waals surface area contributed by atoms with Crippen molar-refractivity contribution in [3.05, 3.63) is 124 Å². The molecular formula is C39H25N2O7P. The van der Waals surface area contributed by atoms with Crippen molar-refractivity contribution >= 4 is 91.0 Å². The van der Waals surface area contributed by atoms with Gasteiger partial charge in [-0.05, 0) is 125 Å². The van der Waals surface area contributed by atoms with E-state index in [1.54, 1.807) is 30.3 Å². The minimum absolute atomic E-state index is 0.193. The predicted molar refractivity (Wildman–Crippen MR) is 189 cm³/mol. The largest absolute Gasteiger partial charge is 0.356 e. The van der Waals surface area contributed by atoms with E-state index in [9.17, 15) is 33.5 Å². The van der Waals surface area contributed by atoms with Gasteiger partial charge in [-0.1, -0.05) is 29.8 Å². The van der Waals surface area contributed by atoms with E-state index in [0.717, 1.165) is 53.9 Å². The first kappa shape index (κ1) is 29.4. The highest BCUT2D eigenvalue weighted by atomic mass is 31.2. The van der Waals surface area contributed by atoms with E-state index in [2.05, 4.69) is 0 Å². The third-order valence-electron chi connectivity index (χ3n) is 9.97. The lowest BCUT2D eigenvalue weighted by Crippen LogP contribution is -2.40. The van der Waals surface area contributed by atoms with E-state index in [1.165, 1.54) is 29.2 Å². The minimum Gasteiger partial charge on any atom is -0.321 e. The van der Waals surface area contributed by atoms with Gasteiger partial charge in [0.15, 0.2) is 0 Å². The molecule has 0 saturated heterocycles. The Morgan fingerprint density at radius 1 is 0.469 bits per heavy atom. The highest BCUT2D eigenvalue weighted by Crippen LogP contribution is 2.49. The average molecular weight is 665 g/mol. The number of carbonyl (C=O) groups is 4. The standard InChI is InChI=1S/C39H25N2O7P/c1-18-4-6-21(7-5-18)40-36(42)26-14-12-24-31-20(3)17-29-33-27(37(43)41(39(29)45)22-8-10-23(11-9-22)49(46,47)48)15-13-25(35(31)33)30-19(2)16-28(38(40)44)32(26)34(24)30/h4-17H,1-3H3,(H2,46,47,48). The molecule has 10 heteroatoms. The van der Waals surface area contributed by atoms with Gasteiger partial charge in [0.2, 0.25) is 0 Å². The SMILES string of the molecule is Cc1ccc(N2C(=O)c3ccc4c5c(C)cc6c7c(ccc(c8c(C)cc(c3c48)C2=O)c75)C(=O)N(c2ccc(P(=O)(O)O)cc2)C6=O)cc1. The molecule has 2 aliphatic rings. The van der Waals surface area contributed by atoms with E-state index < -0.39 is 31.2 Å². The second-order valence-electron chi connectivity index (χ2n) is 12.8. The van der Waals surface area contributed by atoms with Crippen molar-refractivity contribution in [2.24, 2.45) is 0 Å². The van der Waals surface area contributed by atoms with Crippen LogP contribution in [0.1, 0.15) is 58.1 Å². The zero-order valence-electron chi connectivity index (χ0n) is 26.4. The summed E-state index contributed by atoms with van der Waals surface area (Å²) in [7, 11) is -4.52. The molecule has 7 aromatic rings. The highest BCUT2D eigenvalue weighted by Gasteiger charge is 2.39. The molecule has 2 N–H and O–H groups in total. The van der Waals surface area contributed by atoms with Crippen LogP contribution in [-0.2, 0) is 4.57 Å².